The second kappa shape index (κ2) is 8.84. The summed E-state index contributed by atoms with van der Waals surface area (Å²) in [5, 5.41) is 10.5. The standard InChI is InChI=1S/C17H23N5S.C2HF3O2/c1-3-14-6-18-16(19-7-14)22-11-17(12-22)4-5-21(10-17)8-15-9-23-13(2)20-15;3-2(4,5)1(6)7/h6-7,9H,3-5,8,10-12H2,1-2H3;(H,6,7). The molecule has 2 aliphatic rings. The highest BCUT2D eigenvalue weighted by Crippen LogP contribution is 2.41. The molecule has 0 unspecified atom stereocenters. The van der Waals surface area contributed by atoms with E-state index in [1.54, 1.807) is 11.3 Å². The summed E-state index contributed by atoms with van der Waals surface area (Å²) in [5.41, 5.74) is 2.87. The summed E-state index contributed by atoms with van der Waals surface area (Å²) >= 11 is 1.75. The Bertz CT molecular complexity index is 866. The van der Waals surface area contributed by atoms with Gasteiger partial charge in [0.2, 0.25) is 5.95 Å². The number of nitrogens with zero attached hydrogens (tertiary/aromatic N) is 5. The molecule has 0 saturated carbocycles. The Morgan fingerprint density at radius 1 is 1.27 bits per heavy atom. The predicted octanol–water partition coefficient (Wildman–Crippen LogP) is 3.15. The van der Waals surface area contributed by atoms with Crippen molar-refractivity contribution < 1.29 is 23.1 Å². The minimum absolute atomic E-state index is 0.442. The van der Waals surface area contributed by atoms with Gasteiger partial charge < -0.3 is 10.0 Å². The molecule has 0 radical (unpaired) electrons. The molecule has 1 N–H and O–H groups in total. The van der Waals surface area contributed by atoms with Crippen LogP contribution in [0.5, 0.6) is 0 Å². The Hall–Kier alpha value is -2.27. The lowest BCUT2D eigenvalue weighted by molar-refractivity contribution is -0.192. The first kappa shape index (κ1) is 22.4. The first-order valence-corrected chi connectivity index (χ1v) is 10.5. The van der Waals surface area contributed by atoms with Crippen LogP contribution in [0.4, 0.5) is 19.1 Å². The highest BCUT2D eigenvalue weighted by atomic mass is 32.1. The fraction of sp³-hybridized carbons (Fsp3) is 0.579. The monoisotopic (exact) mass is 443 g/mol. The third-order valence-corrected chi connectivity index (χ3v) is 6.07. The molecular formula is C19H24F3N5O2S. The first-order valence-electron chi connectivity index (χ1n) is 9.59. The Kier molecular flexibility index (Phi) is 6.61. The van der Waals surface area contributed by atoms with Crippen molar-refractivity contribution in [3.63, 3.8) is 0 Å². The number of anilines is 1. The van der Waals surface area contributed by atoms with Crippen molar-refractivity contribution in [2.75, 3.05) is 31.1 Å². The van der Waals surface area contributed by atoms with Gasteiger partial charge in [0.15, 0.2) is 0 Å². The molecule has 0 amide bonds. The Morgan fingerprint density at radius 3 is 2.40 bits per heavy atom. The van der Waals surface area contributed by atoms with E-state index in [0.717, 1.165) is 37.0 Å². The predicted molar refractivity (Wildman–Crippen MR) is 106 cm³/mol. The number of hydrogen-bond donors (Lipinski definition) is 1. The van der Waals surface area contributed by atoms with Gasteiger partial charge in [0, 0.05) is 49.4 Å². The molecule has 164 valence electrons. The maximum Gasteiger partial charge on any atom is 0.490 e. The van der Waals surface area contributed by atoms with Gasteiger partial charge in [-0.2, -0.15) is 13.2 Å². The van der Waals surface area contributed by atoms with Crippen LogP contribution in [-0.4, -0.2) is 63.3 Å². The van der Waals surface area contributed by atoms with Gasteiger partial charge in [0.05, 0.1) is 10.7 Å². The number of hydrogen-bond acceptors (Lipinski definition) is 7. The molecule has 4 rings (SSSR count). The van der Waals surface area contributed by atoms with Crippen molar-refractivity contribution in [3.05, 3.63) is 34.0 Å². The second-order valence-corrected chi connectivity index (χ2v) is 8.78. The topological polar surface area (TPSA) is 82.5 Å². The van der Waals surface area contributed by atoms with E-state index in [0.29, 0.717) is 5.41 Å². The lowest BCUT2D eigenvalue weighted by Crippen LogP contribution is -2.58. The fourth-order valence-corrected chi connectivity index (χ4v) is 4.33. The third kappa shape index (κ3) is 5.45. The van der Waals surface area contributed by atoms with Gasteiger partial charge in [0.1, 0.15) is 0 Å². The minimum atomic E-state index is -5.08. The zero-order valence-electron chi connectivity index (χ0n) is 16.8. The van der Waals surface area contributed by atoms with Crippen LogP contribution in [0.25, 0.3) is 0 Å². The summed E-state index contributed by atoms with van der Waals surface area (Å²) < 4.78 is 31.7. The number of carboxylic acids is 1. The SMILES string of the molecule is CCc1cnc(N2CC3(CCN(Cc4csc(C)n4)C3)C2)nc1.O=C(O)C(F)(F)F. The summed E-state index contributed by atoms with van der Waals surface area (Å²) in [6.07, 6.45) is 1.10. The molecule has 0 aliphatic carbocycles. The number of aliphatic carboxylic acids is 1. The summed E-state index contributed by atoms with van der Waals surface area (Å²) in [4.78, 5) is 27.4. The number of aromatic nitrogens is 3. The van der Waals surface area contributed by atoms with Crippen LogP contribution in [0.2, 0.25) is 0 Å². The number of rotatable bonds is 4. The lowest BCUT2D eigenvalue weighted by atomic mass is 9.79. The van der Waals surface area contributed by atoms with Gasteiger partial charge in [-0.3, -0.25) is 4.90 Å². The van der Waals surface area contributed by atoms with E-state index >= 15 is 0 Å². The van der Waals surface area contributed by atoms with E-state index in [9.17, 15) is 13.2 Å². The first-order chi connectivity index (χ1) is 14.1. The maximum absolute atomic E-state index is 10.6. The molecular weight excluding hydrogens is 419 g/mol. The quantitative estimate of drug-likeness (QED) is 0.777. The van der Waals surface area contributed by atoms with E-state index in [1.807, 2.05) is 12.4 Å². The molecule has 2 saturated heterocycles. The zero-order chi connectivity index (χ0) is 21.9. The number of thiazole rings is 1. The van der Waals surface area contributed by atoms with Crippen LogP contribution in [0.15, 0.2) is 17.8 Å². The maximum atomic E-state index is 10.6. The van der Waals surface area contributed by atoms with Gasteiger partial charge >= 0.3 is 12.1 Å². The Labute approximate surface area is 176 Å². The van der Waals surface area contributed by atoms with E-state index in [-0.39, 0.29) is 0 Å². The van der Waals surface area contributed by atoms with Crippen LogP contribution in [0.3, 0.4) is 0 Å². The van der Waals surface area contributed by atoms with Crippen molar-refractivity contribution in [2.45, 2.75) is 39.4 Å². The fourth-order valence-electron chi connectivity index (χ4n) is 3.73. The van der Waals surface area contributed by atoms with Crippen LogP contribution >= 0.6 is 11.3 Å². The summed E-state index contributed by atoms with van der Waals surface area (Å²) in [7, 11) is 0. The van der Waals surface area contributed by atoms with Crippen LogP contribution in [-0.2, 0) is 17.8 Å². The summed E-state index contributed by atoms with van der Waals surface area (Å²) in [5.74, 6) is -1.87. The average molecular weight is 443 g/mol. The number of likely N-dealkylation sites (tertiary alicyclic amines) is 1. The summed E-state index contributed by atoms with van der Waals surface area (Å²) in [6, 6.07) is 0. The molecule has 2 aromatic rings. The molecule has 1 spiro atoms. The van der Waals surface area contributed by atoms with E-state index in [4.69, 9.17) is 9.90 Å². The van der Waals surface area contributed by atoms with Gasteiger partial charge in [-0.25, -0.2) is 19.7 Å². The van der Waals surface area contributed by atoms with Crippen molar-refractivity contribution in [2.24, 2.45) is 5.41 Å². The van der Waals surface area contributed by atoms with Crippen molar-refractivity contribution >= 4 is 23.3 Å². The molecule has 30 heavy (non-hydrogen) atoms. The molecule has 2 aliphatic heterocycles. The minimum Gasteiger partial charge on any atom is -0.475 e. The average Bonchev–Trinajstić information content (AvgIpc) is 3.27. The number of carboxylic acid groups (broad SMARTS) is 1. The molecule has 11 heteroatoms. The molecule has 0 atom stereocenters. The highest BCUT2D eigenvalue weighted by Gasteiger charge is 2.48. The Morgan fingerprint density at radius 2 is 1.90 bits per heavy atom. The van der Waals surface area contributed by atoms with Crippen molar-refractivity contribution in [1.29, 1.82) is 0 Å². The number of alkyl halides is 3. The Balaban J connectivity index is 0.000000318. The second-order valence-electron chi connectivity index (χ2n) is 7.72. The highest BCUT2D eigenvalue weighted by molar-refractivity contribution is 7.09. The molecule has 0 aromatic carbocycles. The van der Waals surface area contributed by atoms with Crippen LogP contribution < -0.4 is 4.90 Å². The van der Waals surface area contributed by atoms with Crippen molar-refractivity contribution in [1.82, 2.24) is 19.9 Å². The molecule has 4 heterocycles. The van der Waals surface area contributed by atoms with Crippen LogP contribution in [0, 0.1) is 12.3 Å². The largest absolute Gasteiger partial charge is 0.490 e. The van der Waals surface area contributed by atoms with Gasteiger partial charge in [-0.05, 0) is 31.9 Å². The number of carbonyl (C=O) groups is 1. The van der Waals surface area contributed by atoms with Gasteiger partial charge in [0.25, 0.3) is 0 Å². The van der Waals surface area contributed by atoms with E-state index in [2.05, 4.69) is 44.0 Å². The number of aryl methyl sites for hydroxylation is 2. The van der Waals surface area contributed by atoms with Crippen molar-refractivity contribution in [3.8, 4) is 0 Å². The summed E-state index contributed by atoms with van der Waals surface area (Å²) in [6.45, 7) is 9.73. The number of halogens is 3. The van der Waals surface area contributed by atoms with Gasteiger partial charge in [-0.1, -0.05) is 6.92 Å². The van der Waals surface area contributed by atoms with E-state index < -0.39 is 12.1 Å². The lowest BCUT2D eigenvalue weighted by Gasteiger charge is -2.48. The van der Waals surface area contributed by atoms with Gasteiger partial charge in [-0.15, -0.1) is 11.3 Å². The molecule has 2 aromatic heterocycles. The molecule has 0 bridgehead atoms. The third-order valence-electron chi connectivity index (χ3n) is 5.25. The molecule has 2 fully saturated rings. The smallest absolute Gasteiger partial charge is 0.475 e. The molecule has 7 nitrogen and oxygen atoms in total. The van der Waals surface area contributed by atoms with Crippen LogP contribution in [0.1, 0.15) is 29.6 Å². The normalized spacial score (nSPS) is 18.1. The van der Waals surface area contributed by atoms with E-state index in [1.165, 1.54) is 30.8 Å². The zero-order valence-corrected chi connectivity index (χ0v) is 17.6.